The van der Waals surface area contributed by atoms with Crippen LogP contribution in [0.4, 0.5) is 0 Å². The Morgan fingerprint density at radius 3 is 3.15 bits per heavy atom. The topological polar surface area (TPSA) is 77.8 Å². The van der Waals surface area contributed by atoms with Crippen LogP contribution in [0.15, 0.2) is 42.6 Å². The zero-order valence-electron chi connectivity index (χ0n) is 15.2. The predicted octanol–water partition coefficient (Wildman–Crippen LogP) is 2.04. The van der Waals surface area contributed by atoms with Gasteiger partial charge in [-0.1, -0.05) is 12.1 Å². The average molecular weight is 366 g/mol. The second kappa shape index (κ2) is 7.65. The molecule has 0 bridgehead atoms. The summed E-state index contributed by atoms with van der Waals surface area (Å²) in [6.45, 7) is 0.993. The maximum absolute atomic E-state index is 12.5. The summed E-state index contributed by atoms with van der Waals surface area (Å²) in [6, 6.07) is 11.5. The van der Waals surface area contributed by atoms with E-state index in [2.05, 4.69) is 15.5 Å². The van der Waals surface area contributed by atoms with Gasteiger partial charge in [0, 0.05) is 25.2 Å². The van der Waals surface area contributed by atoms with Gasteiger partial charge in [0.1, 0.15) is 23.9 Å². The lowest BCUT2D eigenvalue weighted by molar-refractivity contribution is -0.126. The number of aromatic nitrogens is 3. The van der Waals surface area contributed by atoms with Gasteiger partial charge in [-0.25, -0.2) is 0 Å². The number of rotatable bonds is 6. The Morgan fingerprint density at radius 1 is 1.33 bits per heavy atom. The number of methoxy groups -OCH3 is 1. The van der Waals surface area contributed by atoms with Crippen molar-refractivity contribution >= 4 is 11.6 Å². The van der Waals surface area contributed by atoms with E-state index in [4.69, 9.17) is 9.47 Å². The van der Waals surface area contributed by atoms with Crippen molar-refractivity contribution in [3.8, 4) is 11.5 Å². The van der Waals surface area contributed by atoms with Gasteiger partial charge in [-0.3, -0.25) is 9.20 Å². The maximum atomic E-state index is 12.5. The third-order valence-corrected chi connectivity index (χ3v) is 4.81. The summed E-state index contributed by atoms with van der Waals surface area (Å²) in [7, 11) is 1.63. The molecule has 1 amide bonds. The van der Waals surface area contributed by atoms with Crippen molar-refractivity contribution in [3.63, 3.8) is 0 Å². The van der Waals surface area contributed by atoms with Crippen LogP contribution in [0, 0.1) is 5.92 Å². The van der Waals surface area contributed by atoms with Crippen LogP contribution in [0.25, 0.3) is 5.65 Å². The van der Waals surface area contributed by atoms with Crippen LogP contribution < -0.4 is 14.8 Å². The van der Waals surface area contributed by atoms with Gasteiger partial charge in [-0.05, 0) is 36.6 Å². The summed E-state index contributed by atoms with van der Waals surface area (Å²) in [5, 5.41) is 11.4. The number of ether oxygens (including phenoxy) is 2. The van der Waals surface area contributed by atoms with Crippen molar-refractivity contribution in [2.24, 2.45) is 5.92 Å². The second-order valence-electron chi connectivity index (χ2n) is 6.63. The number of carbonyl (C=O) groups is 1. The number of fused-ring (bicyclic) bond motifs is 2. The molecule has 7 nitrogen and oxygen atoms in total. The van der Waals surface area contributed by atoms with E-state index in [0.29, 0.717) is 19.6 Å². The van der Waals surface area contributed by atoms with E-state index >= 15 is 0 Å². The molecule has 0 spiro atoms. The van der Waals surface area contributed by atoms with Crippen LogP contribution in [0.2, 0.25) is 0 Å². The molecule has 4 rings (SSSR count). The summed E-state index contributed by atoms with van der Waals surface area (Å²) >= 11 is 0. The Balaban J connectivity index is 1.27. The molecular formula is C20H22N4O3. The molecule has 3 aromatic rings. The standard InChI is InChI=1S/C20H22N4O3/c1-26-16-8-7-14-11-15(13-27-17(14)12-16)20(25)21-9-4-6-19-23-22-18-5-2-3-10-24(18)19/h2-3,5,7-8,10,12,15H,4,6,9,11,13H2,1H3,(H,21,25)/t15-/m1/s1. The van der Waals surface area contributed by atoms with E-state index in [1.165, 1.54) is 0 Å². The third kappa shape index (κ3) is 3.72. The Hall–Kier alpha value is -3.09. The minimum atomic E-state index is -0.167. The summed E-state index contributed by atoms with van der Waals surface area (Å²) in [5.74, 6) is 2.33. The van der Waals surface area contributed by atoms with E-state index in [9.17, 15) is 4.79 Å². The fraction of sp³-hybridized carbons (Fsp3) is 0.350. The fourth-order valence-corrected chi connectivity index (χ4v) is 3.31. The molecule has 0 radical (unpaired) electrons. The van der Waals surface area contributed by atoms with E-state index in [0.717, 1.165) is 41.4 Å². The van der Waals surface area contributed by atoms with Crippen molar-refractivity contribution in [1.29, 1.82) is 0 Å². The van der Waals surface area contributed by atoms with Gasteiger partial charge in [-0.2, -0.15) is 0 Å². The summed E-state index contributed by atoms with van der Waals surface area (Å²) in [6.07, 6.45) is 4.20. The average Bonchev–Trinajstić information content (AvgIpc) is 3.13. The molecule has 1 aromatic carbocycles. The molecule has 1 atom stereocenters. The number of aryl methyl sites for hydroxylation is 1. The lowest BCUT2D eigenvalue weighted by Crippen LogP contribution is -2.37. The van der Waals surface area contributed by atoms with E-state index < -0.39 is 0 Å². The Bertz CT molecular complexity index is 953. The lowest BCUT2D eigenvalue weighted by atomic mass is 9.96. The fourth-order valence-electron chi connectivity index (χ4n) is 3.31. The molecule has 0 fully saturated rings. The number of hydrogen-bond donors (Lipinski definition) is 1. The minimum Gasteiger partial charge on any atom is -0.497 e. The molecule has 0 unspecified atom stereocenters. The highest BCUT2D eigenvalue weighted by Crippen LogP contribution is 2.31. The van der Waals surface area contributed by atoms with Crippen molar-refractivity contribution in [3.05, 3.63) is 54.0 Å². The summed E-state index contributed by atoms with van der Waals surface area (Å²) < 4.78 is 12.9. The lowest BCUT2D eigenvalue weighted by Gasteiger charge is -2.25. The number of nitrogens with one attached hydrogen (secondary N) is 1. The highest BCUT2D eigenvalue weighted by atomic mass is 16.5. The molecule has 0 saturated carbocycles. The van der Waals surface area contributed by atoms with Crippen LogP contribution >= 0.6 is 0 Å². The van der Waals surface area contributed by atoms with Gasteiger partial charge in [0.15, 0.2) is 5.65 Å². The smallest absolute Gasteiger partial charge is 0.226 e. The van der Waals surface area contributed by atoms with Gasteiger partial charge in [-0.15, -0.1) is 10.2 Å². The number of amides is 1. The van der Waals surface area contributed by atoms with Crippen LogP contribution in [0.3, 0.4) is 0 Å². The molecule has 2 aromatic heterocycles. The number of nitrogens with zero attached hydrogens (tertiary/aromatic N) is 3. The second-order valence-corrected chi connectivity index (χ2v) is 6.63. The highest BCUT2D eigenvalue weighted by Gasteiger charge is 2.26. The van der Waals surface area contributed by atoms with Gasteiger partial charge >= 0.3 is 0 Å². The molecule has 1 aliphatic rings. The van der Waals surface area contributed by atoms with Crippen molar-refractivity contribution in [1.82, 2.24) is 19.9 Å². The van der Waals surface area contributed by atoms with Gasteiger partial charge < -0.3 is 14.8 Å². The third-order valence-electron chi connectivity index (χ3n) is 4.81. The predicted molar refractivity (Wildman–Crippen MR) is 100 cm³/mol. The van der Waals surface area contributed by atoms with Gasteiger partial charge in [0.05, 0.1) is 13.0 Å². The Labute approximate surface area is 157 Å². The molecule has 140 valence electrons. The zero-order valence-corrected chi connectivity index (χ0v) is 15.2. The molecule has 0 saturated heterocycles. The van der Waals surface area contributed by atoms with E-state index in [-0.39, 0.29) is 11.8 Å². The Kier molecular flexibility index (Phi) is 4.91. The molecule has 0 aliphatic carbocycles. The Morgan fingerprint density at radius 2 is 2.26 bits per heavy atom. The van der Waals surface area contributed by atoms with E-state index in [1.807, 2.05) is 47.0 Å². The van der Waals surface area contributed by atoms with Crippen LogP contribution in [0.1, 0.15) is 17.8 Å². The first-order valence-corrected chi connectivity index (χ1v) is 9.10. The normalized spacial score (nSPS) is 15.8. The molecule has 7 heteroatoms. The number of pyridine rings is 1. The molecule has 27 heavy (non-hydrogen) atoms. The number of benzene rings is 1. The largest absolute Gasteiger partial charge is 0.497 e. The first kappa shape index (κ1) is 17.3. The number of hydrogen-bond acceptors (Lipinski definition) is 5. The molecular weight excluding hydrogens is 344 g/mol. The first-order valence-electron chi connectivity index (χ1n) is 9.10. The maximum Gasteiger partial charge on any atom is 0.226 e. The monoisotopic (exact) mass is 366 g/mol. The van der Waals surface area contributed by atoms with Crippen LogP contribution in [-0.2, 0) is 17.6 Å². The SMILES string of the molecule is COc1ccc2c(c1)OC[C@H](C(=O)NCCCc1nnc3ccccn13)C2. The first-order chi connectivity index (χ1) is 13.2. The summed E-state index contributed by atoms with van der Waals surface area (Å²) in [5.41, 5.74) is 1.88. The number of carbonyl (C=O) groups excluding carboxylic acids is 1. The summed E-state index contributed by atoms with van der Waals surface area (Å²) in [4.78, 5) is 12.5. The van der Waals surface area contributed by atoms with Crippen molar-refractivity contribution in [2.45, 2.75) is 19.3 Å². The molecule has 1 N–H and O–H groups in total. The van der Waals surface area contributed by atoms with Gasteiger partial charge in [0.25, 0.3) is 0 Å². The van der Waals surface area contributed by atoms with Crippen molar-refractivity contribution in [2.75, 3.05) is 20.3 Å². The highest BCUT2D eigenvalue weighted by molar-refractivity contribution is 5.79. The molecule has 3 heterocycles. The van der Waals surface area contributed by atoms with Gasteiger partial charge in [0.2, 0.25) is 5.91 Å². The van der Waals surface area contributed by atoms with Crippen molar-refractivity contribution < 1.29 is 14.3 Å². The molecule has 1 aliphatic heterocycles. The quantitative estimate of drug-likeness (QED) is 0.676. The van der Waals surface area contributed by atoms with E-state index in [1.54, 1.807) is 7.11 Å². The van der Waals surface area contributed by atoms with Crippen LogP contribution in [0.5, 0.6) is 11.5 Å². The van der Waals surface area contributed by atoms with Crippen LogP contribution in [-0.4, -0.2) is 40.8 Å². The zero-order chi connectivity index (χ0) is 18.6. The minimum absolute atomic E-state index is 0.0302.